The zero-order valence-electron chi connectivity index (χ0n) is 9.50. The molecule has 2 aromatic rings. The van der Waals surface area contributed by atoms with Crippen LogP contribution in [0.25, 0.3) is 0 Å². The zero-order valence-corrected chi connectivity index (χ0v) is 11.9. The van der Waals surface area contributed by atoms with E-state index in [1.54, 1.807) is 18.2 Å². The van der Waals surface area contributed by atoms with E-state index in [2.05, 4.69) is 27.0 Å². The third-order valence-corrected chi connectivity index (χ3v) is 4.18. The largest absolute Gasteiger partial charge is 0.478 e. The fourth-order valence-corrected chi connectivity index (χ4v) is 2.80. The van der Waals surface area contributed by atoms with Gasteiger partial charge in [0.25, 0.3) is 0 Å². The van der Waals surface area contributed by atoms with E-state index in [9.17, 15) is 4.79 Å². The minimum absolute atomic E-state index is 0.197. The molecule has 0 saturated carbocycles. The van der Waals surface area contributed by atoms with Crippen molar-refractivity contribution in [2.45, 2.75) is 9.92 Å². The third-order valence-electron chi connectivity index (χ3n) is 2.26. The Kier molecular flexibility index (Phi) is 4.20. The number of carboxylic acids is 1. The molecule has 94 valence electrons. The van der Waals surface area contributed by atoms with Gasteiger partial charge in [0.1, 0.15) is 5.03 Å². The fourth-order valence-electron chi connectivity index (χ4n) is 1.36. The van der Waals surface area contributed by atoms with Crippen molar-refractivity contribution >= 4 is 33.7 Å². The van der Waals surface area contributed by atoms with Crippen LogP contribution in [0.4, 0.5) is 0 Å². The molecule has 0 amide bonds. The van der Waals surface area contributed by atoms with Gasteiger partial charge in [0.2, 0.25) is 0 Å². The lowest BCUT2D eigenvalue weighted by atomic mass is 10.2. The maximum Gasteiger partial charge on any atom is 0.335 e. The van der Waals surface area contributed by atoms with E-state index in [1.807, 2.05) is 0 Å². The number of halogens is 1. The van der Waals surface area contributed by atoms with Crippen molar-refractivity contribution in [1.82, 2.24) is 4.98 Å². The first kappa shape index (κ1) is 13.6. The van der Waals surface area contributed by atoms with Crippen molar-refractivity contribution in [2.75, 3.05) is 0 Å². The molecule has 0 saturated heterocycles. The topological polar surface area (TPSA) is 74.0 Å². The number of nitriles is 1. The second-order valence-corrected chi connectivity index (χ2v) is 5.46. The second kappa shape index (κ2) is 5.87. The summed E-state index contributed by atoms with van der Waals surface area (Å²) in [6.07, 6.45) is 1.46. The van der Waals surface area contributed by atoms with Gasteiger partial charge in [-0.25, -0.2) is 9.78 Å². The molecule has 19 heavy (non-hydrogen) atoms. The summed E-state index contributed by atoms with van der Waals surface area (Å²) in [5.41, 5.74) is 0.755. The van der Waals surface area contributed by atoms with Gasteiger partial charge in [-0.3, -0.25) is 0 Å². The highest BCUT2D eigenvalue weighted by molar-refractivity contribution is 9.10. The Morgan fingerprint density at radius 2 is 2.16 bits per heavy atom. The number of hydrogen-bond donors (Lipinski definition) is 1. The van der Waals surface area contributed by atoms with Crippen molar-refractivity contribution in [3.63, 3.8) is 0 Å². The smallest absolute Gasteiger partial charge is 0.335 e. The molecular weight excluding hydrogens is 328 g/mol. The number of carbonyl (C=O) groups is 1. The maximum absolute atomic E-state index is 10.9. The van der Waals surface area contributed by atoms with Gasteiger partial charge in [0.15, 0.2) is 0 Å². The highest BCUT2D eigenvalue weighted by Crippen LogP contribution is 2.33. The number of pyridine rings is 1. The molecule has 0 aliphatic heterocycles. The monoisotopic (exact) mass is 334 g/mol. The summed E-state index contributed by atoms with van der Waals surface area (Å²) in [5.74, 6) is -0.983. The molecule has 4 nitrogen and oxygen atoms in total. The molecule has 0 atom stereocenters. The number of hydrogen-bond acceptors (Lipinski definition) is 4. The molecule has 6 heteroatoms. The standard InChI is InChI=1S/C13H7BrN2O2S/c14-10-5-8(7-15)1-2-11(10)19-12-6-9(13(17)18)3-4-16-12/h1-6H,(H,17,18). The van der Waals surface area contributed by atoms with Crippen LogP contribution in [0.3, 0.4) is 0 Å². The molecule has 1 N–H and O–H groups in total. The molecule has 2 rings (SSSR count). The molecule has 0 aliphatic rings. The van der Waals surface area contributed by atoms with Crippen LogP contribution in [0.2, 0.25) is 0 Å². The minimum atomic E-state index is -0.983. The minimum Gasteiger partial charge on any atom is -0.478 e. The van der Waals surface area contributed by atoms with Gasteiger partial charge in [-0.05, 0) is 46.3 Å². The Balaban J connectivity index is 2.29. The summed E-state index contributed by atoms with van der Waals surface area (Å²) < 4.78 is 0.777. The molecule has 0 fully saturated rings. The first-order valence-electron chi connectivity index (χ1n) is 5.17. The lowest BCUT2D eigenvalue weighted by Crippen LogP contribution is -1.96. The van der Waals surface area contributed by atoms with E-state index in [0.717, 1.165) is 9.37 Å². The predicted octanol–water partition coefficient (Wildman–Crippen LogP) is 3.57. The van der Waals surface area contributed by atoms with Crippen LogP contribution in [0.1, 0.15) is 15.9 Å². The molecule has 0 bridgehead atoms. The van der Waals surface area contributed by atoms with Crippen molar-refractivity contribution < 1.29 is 9.90 Å². The first-order chi connectivity index (χ1) is 9.10. The lowest BCUT2D eigenvalue weighted by molar-refractivity contribution is 0.0696. The van der Waals surface area contributed by atoms with E-state index in [0.29, 0.717) is 10.6 Å². The van der Waals surface area contributed by atoms with Crippen LogP contribution in [0, 0.1) is 11.3 Å². The van der Waals surface area contributed by atoms with Crippen molar-refractivity contribution in [1.29, 1.82) is 5.26 Å². The number of benzene rings is 1. The van der Waals surface area contributed by atoms with E-state index >= 15 is 0 Å². The summed E-state index contributed by atoms with van der Waals surface area (Å²) in [6.45, 7) is 0. The molecule has 0 radical (unpaired) electrons. The quantitative estimate of drug-likeness (QED) is 0.928. The van der Waals surface area contributed by atoms with Gasteiger partial charge in [0.05, 0.1) is 17.2 Å². The third kappa shape index (κ3) is 3.34. The van der Waals surface area contributed by atoms with Crippen LogP contribution in [0.5, 0.6) is 0 Å². The molecule has 0 unspecified atom stereocenters. The van der Waals surface area contributed by atoms with Crippen LogP contribution < -0.4 is 0 Å². The molecule has 0 aliphatic carbocycles. The van der Waals surface area contributed by atoms with Gasteiger partial charge >= 0.3 is 5.97 Å². The summed E-state index contributed by atoms with van der Waals surface area (Å²) in [5, 5.41) is 18.3. The van der Waals surface area contributed by atoms with Crippen molar-refractivity contribution in [2.24, 2.45) is 0 Å². The lowest BCUT2D eigenvalue weighted by Gasteiger charge is -2.04. The molecule has 1 aromatic carbocycles. The average molecular weight is 335 g/mol. The Morgan fingerprint density at radius 1 is 1.37 bits per heavy atom. The SMILES string of the molecule is N#Cc1ccc(Sc2cc(C(=O)O)ccn2)c(Br)c1. The molecule has 1 aromatic heterocycles. The number of rotatable bonds is 3. The Hall–Kier alpha value is -1.84. The Bertz CT molecular complexity index is 683. The van der Waals surface area contributed by atoms with Crippen LogP contribution >= 0.6 is 27.7 Å². The fraction of sp³-hybridized carbons (Fsp3) is 0. The van der Waals surface area contributed by atoms with Crippen molar-refractivity contribution in [3.8, 4) is 6.07 Å². The van der Waals surface area contributed by atoms with Crippen LogP contribution in [-0.4, -0.2) is 16.1 Å². The number of carboxylic acid groups (broad SMARTS) is 1. The van der Waals surface area contributed by atoms with Gasteiger partial charge in [-0.2, -0.15) is 5.26 Å². The van der Waals surface area contributed by atoms with Gasteiger partial charge in [-0.15, -0.1) is 0 Å². The number of aromatic nitrogens is 1. The molecule has 0 spiro atoms. The Morgan fingerprint density at radius 3 is 2.79 bits per heavy atom. The number of nitrogens with zero attached hydrogens (tertiary/aromatic N) is 2. The molecular formula is C13H7BrN2O2S. The highest BCUT2D eigenvalue weighted by Gasteiger charge is 2.08. The summed E-state index contributed by atoms with van der Waals surface area (Å²) in [6, 6.07) is 10.2. The van der Waals surface area contributed by atoms with Crippen molar-refractivity contribution in [3.05, 3.63) is 52.1 Å². The number of aromatic carboxylic acids is 1. The van der Waals surface area contributed by atoms with E-state index < -0.39 is 5.97 Å². The highest BCUT2D eigenvalue weighted by atomic mass is 79.9. The predicted molar refractivity (Wildman–Crippen MR) is 74.2 cm³/mol. The zero-order chi connectivity index (χ0) is 13.8. The summed E-state index contributed by atoms with van der Waals surface area (Å²) in [7, 11) is 0. The van der Waals surface area contributed by atoms with Gasteiger partial charge in [-0.1, -0.05) is 11.8 Å². The first-order valence-corrected chi connectivity index (χ1v) is 6.78. The molecule has 1 heterocycles. The van der Waals surface area contributed by atoms with Crippen LogP contribution in [0.15, 0.2) is 50.9 Å². The van der Waals surface area contributed by atoms with Gasteiger partial charge in [0, 0.05) is 15.6 Å². The maximum atomic E-state index is 10.9. The van der Waals surface area contributed by atoms with Gasteiger partial charge < -0.3 is 5.11 Å². The average Bonchev–Trinajstić information content (AvgIpc) is 2.41. The Labute approximate surface area is 122 Å². The van der Waals surface area contributed by atoms with E-state index in [1.165, 1.54) is 30.1 Å². The normalized spacial score (nSPS) is 9.89. The van der Waals surface area contributed by atoms with Crippen LogP contribution in [-0.2, 0) is 0 Å². The summed E-state index contributed by atoms with van der Waals surface area (Å²) in [4.78, 5) is 15.9. The second-order valence-electron chi connectivity index (χ2n) is 3.55. The summed E-state index contributed by atoms with van der Waals surface area (Å²) >= 11 is 4.71. The van der Waals surface area contributed by atoms with E-state index in [4.69, 9.17) is 10.4 Å². The van der Waals surface area contributed by atoms with E-state index in [-0.39, 0.29) is 5.56 Å².